The van der Waals surface area contributed by atoms with Gasteiger partial charge in [-0.3, -0.25) is 0 Å². The molecule has 2 atom stereocenters. The van der Waals surface area contributed by atoms with E-state index in [1.807, 2.05) is 30.3 Å². The maximum atomic E-state index is 9.32. The second-order valence-corrected chi connectivity index (χ2v) is 3.42. The molecule has 1 aliphatic heterocycles. The van der Waals surface area contributed by atoms with E-state index in [0.717, 1.165) is 19.3 Å². The topological polar surface area (TPSA) is 29.5 Å². The standard InChI is InChI=1S/C11H14O2/c12-11-8-4-7-10(13-11)9-5-2-1-3-6-9/h1-3,5-6,10-12H,4,7-8H2/t10-,11-/m1/s1. The average Bonchev–Trinajstić information content (AvgIpc) is 2.19. The van der Waals surface area contributed by atoms with Crippen LogP contribution in [-0.4, -0.2) is 11.4 Å². The van der Waals surface area contributed by atoms with Crippen LogP contribution in [0.25, 0.3) is 0 Å². The molecule has 0 aliphatic carbocycles. The first-order valence-electron chi connectivity index (χ1n) is 4.75. The van der Waals surface area contributed by atoms with E-state index in [9.17, 15) is 5.11 Å². The molecule has 70 valence electrons. The predicted molar refractivity (Wildman–Crippen MR) is 50.1 cm³/mol. The van der Waals surface area contributed by atoms with Crippen molar-refractivity contribution >= 4 is 0 Å². The lowest BCUT2D eigenvalue weighted by molar-refractivity contribution is -0.164. The zero-order valence-electron chi connectivity index (χ0n) is 7.52. The van der Waals surface area contributed by atoms with Gasteiger partial charge in [0, 0.05) is 0 Å². The third kappa shape index (κ3) is 2.08. The van der Waals surface area contributed by atoms with Gasteiger partial charge in [0.05, 0.1) is 6.10 Å². The van der Waals surface area contributed by atoms with Gasteiger partial charge in [0.25, 0.3) is 0 Å². The Hall–Kier alpha value is -0.860. The fraction of sp³-hybridized carbons (Fsp3) is 0.455. The largest absolute Gasteiger partial charge is 0.368 e. The molecule has 13 heavy (non-hydrogen) atoms. The molecule has 2 rings (SSSR count). The van der Waals surface area contributed by atoms with Gasteiger partial charge in [-0.15, -0.1) is 0 Å². The molecule has 0 amide bonds. The van der Waals surface area contributed by atoms with Crippen LogP contribution in [0.3, 0.4) is 0 Å². The number of ether oxygens (including phenoxy) is 1. The number of benzene rings is 1. The smallest absolute Gasteiger partial charge is 0.155 e. The van der Waals surface area contributed by atoms with Gasteiger partial charge in [-0.2, -0.15) is 0 Å². The minimum absolute atomic E-state index is 0.0879. The number of hydrogen-bond donors (Lipinski definition) is 1. The highest BCUT2D eigenvalue weighted by Gasteiger charge is 2.21. The van der Waals surface area contributed by atoms with E-state index in [-0.39, 0.29) is 6.10 Å². The van der Waals surface area contributed by atoms with Crippen LogP contribution in [0.5, 0.6) is 0 Å². The highest BCUT2D eigenvalue weighted by atomic mass is 16.6. The van der Waals surface area contributed by atoms with Crippen molar-refractivity contribution in [2.75, 3.05) is 0 Å². The van der Waals surface area contributed by atoms with Crippen molar-refractivity contribution in [3.63, 3.8) is 0 Å². The van der Waals surface area contributed by atoms with Gasteiger partial charge in [-0.05, 0) is 24.8 Å². The summed E-state index contributed by atoms with van der Waals surface area (Å²) in [5, 5.41) is 9.32. The van der Waals surface area contributed by atoms with Gasteiger partial charge in [0.15, 0.2) is 6.29 Å². The number of rotatable bonds is 1. The summed E-state index contributed by atoms with van der Waals surface area (Å²) in [7, 11) is 0. The predicted octanol–water partition coefficient (Wildman–Crippen LogP) is 2.25. The van der Waals surface area contributed by atoms with Crippen LogP contribution in [0.2, 0.25) is 0 Å². The molecule has 0 spiro atoms. The fourth-order valence-corrected chi connectivity index (χ4v) is 1.72. The maximum absolute atomic E-state index is 9.32. The van der Waals surface area contributed by atoms with Crippen LogP contribution < -0.4 is 0 Å². The van der Waals surface area contributed by atoms with E-state index in [2.05, 4.69) is 0 Å². The van der Waals surface area contributed by atoms with Crippen LogP contribution in [0.1, 0.15) is 30.9 Å². The van der Waals surface area contributed by atoms with E-state index >= 15 is 0 Å². The normalized spacial score (nSPS) is 28.7. The van der Waals surface area contributed by atoms with Crippen molar-refractivity contribution < 1.29 is 9.84 Å². The van der Waals surface area contributed by atoms with Crippen molar-refractivity contribution in [1.29, 1.82) is 0 Å². The SMILES string of the molecule is O[C@H]1CCC[C@H](c2ccccc2)O1. The zero-order valence-corrected chi connectivity index (χ0v) is 7.52. The molecule has 2 heteroatoms. The first-order valence-corrected chi connectivity index (χ1v) is 4.75. The van der Waals surface area contributed by atoms with Crippen LogP contribution >= 0.6 is 0 Å². The van der Waals surface area contributed by atoms with Gasteiger partial charge >= 0.3 is 0 Å². The molecule has 1 N–H and O–H groups in total. The summed E-state index contributed by atoms with van der Waals surface area (Å²) in [4.78, 5) is 0. The van der Waals surface area contributed by atoms with Crippen LogP contribution in [0, 0.1) is 0 Å². The number of aliphatic hydroxyl groups excluding tert-OH is 1. The second-order valence-electron chi connectivity index (χ2n) is 3.42. The molecular weight excluding hydrogens is 164 g/mol. The van der Waals surface area contributed by atoms with Crippen molar-refractivity contribution in [2.45, 2.75) is 31.7 Å². The molecule has 1 saturated heterocycles. The lowest BCUT2D eigenvalue weighted by atomic mass is 10.0. The monoisotopic (exact) mass is 178 g/mol. The molecule has 1 heterocycles. The Morgan fingerprint density at radius 1 is 1.15 bits per heavy atom. The number of aliphatic hydroxyl groups is 1. The van der Waals surface area contributed by atoms with Crippen molar-refractivity contribution in [3.05, 3.63) is 35.9 Å². The number of hydrogen-bond acceptors (Lipinski definition) is 2. The van der Waals surface area contributed by atoms with Crippen molar-refractivity contribution in [2.24, 2.45) is 0 Å². The Bertz CT molecular complexity index is 258. The lowest BCUT2D eigenvalue weighted by Gasteiger charge is -2.26. The zero-order chi connectivity index (χ0) is 9.10. The third-order valence-corrected chi connectivity index (χ3v) is 2.41. The maximum Gasteiger partial charge on any atom is 0.155 e. The van der Waals surface area contributed by atoms with Gasteiger partial charge in [-0.25, -0.2) is 0 Å². The average molecular weight is 178 g/mol. The minimum Gasteiger partial charge on any atom is -0.368 e. The molecular formula is C11H14O2. The Morgan fingerprint density at radius 3 is 2.62 bits per heavy atom. The second kappa shape index (κ2) is 3.90. The molecule has 1 fully saturated rings. The quantitative estimate of drug-likeness (QED) is 0.714. The Balaban J connectivity index is 2.08. The Morgan fingerprint density at radius 2 is 1.92 bits per heavy atom. The molecule has 0 saturated carbocycles. The third-order valence-electron chi connectivity index (χ3n) is 2.41. The summed E-state index contributed by atoms with van der Waals surface area (Å²) in [6.07, 6.45) is 2.34. The van der Waals surface area contributed by atoms with Crippen LogP contribution in [0.15, 0.2) is 30.3 Å². The van der Waals surface area contributed by atoms with E-state index in [1.54, 1.807) is 0 Å². The van der Waals surface area contributed by atoms with E-state index < -0.39 is 6.29 Å². The molecule has 2 nitrogen and oxygen atoms in total. The summed E-state index contributed by atoms with van der Waals surface area (Å²) in [5.74, 6) is 0. The van der Waals surface area contributed by atoms with Gasteiger partial charge < -0.3 is 9.84 Å². The molecule has 1 aromatic rings. The highest BCUT2D eigenvalue weighted by molar-refractivity contribution is 5.17. The summed E-state index contributed by atoms with van der Waals surface area (Å²) in [6, 6.07) is 10.1. The minimum atomic E-state index is -0.570. The van der Waals surface area contributed by atoms with E-state index in [1.165, 1.54) is 5.56 Å². The summed E-state index contributed by atoms with van der Waals surface area (Å²) < 4.78 is 5.43. The Labute approximate surface area is 78.2 Å². The first-order chi connectivity index (χ1) is 6.36. The first kappa shape index (κ1) is 8.73. The summed E-state index contributed by atoms with van der Waals surface area (Å²) in [6.45, 7) is 0. The van der Waals surface area contributed by atoms with Crippen LogP contribution in [-0.2, 0) is 4.74 Å². The van der Waals surface area contributed by atoms with Crippen molar-refractivity contribution in [1.82, 2.24) is 0 Å². The molecule has 1 aromatic carbocycles. The van der Waals surface area contributed by atoms with Gasteiger partial charge in [0.1, 0.15) is 0 Å². The Kier molecular flexibility index (Phi) is 2.62. The molecule has 1 aliphatic rings. The fourth-order valence-electron chi connectivity index (χ4n) is 1.72. The molecule has 0 bridgehead atoms. The summed E-state index contributed by atoms with van der Waals surface area (Å²) in [5.41, 5.74) is 1.17. The van der Waals surface area contributed by atoms with Gasteiger partial charge in [0.2, 0.25) is 0 Å². The van der Waals surface area contributed by atoms with Crippen LogP contribution in [0.4, 0.5) is 0 Å². The molecule has 0 aromatic heterocycles. The lowest BCUT2D eigenvalue weighted by Crippen LogP contribution is -2.21. The summed E-state index contributed by atoms with van der Waals surface area (Å²) >= 11 is 0. The van der Waals surface area contributed by atoms with Gasteiger partial charge in [-0.1, -0.05) is 30.3 Å². The van der Waals surface area contributed by atoms with Crippen molar-refractivity contribution in [3.8, 4) is 0 Å². The molecule has 0 radical (unpaired) electrons. The molecule has 0 unspecified atom stereocenters. The highest BCUT2D eigenvalue weighted by Crippen LogP contribution is 2.29. The van der Waals surface area contributed by atoms with E-state index in [4.69, 9.17) is 4.74 Å². The van der Waals surface area contributed by atoms with E-state index in [0.29, 0.717) is 0 Å².